The molecule has 1 aromatic carbocycles. The van der Waals surface area contributed by atoms with Crippen molar-refractivity contribution in [3.63, 3.8) is 0 Å². The molecule has 1 aromatic rings. The lowest BCUT2D eigenvalue weighted by Gasteiger charge is -2.41. The third-order valence-electron chi connectivity index (χ3n) is 4.36. The van der Waals surface area contributed by atoms with Gasteiger partial charge < -0.3 is 5.32 Å². The first-order valence-corrected chi connectivity index (χ1v) is 7.06. The van der Waals surface area contributed by atoms with Gasteiger partial charge in [0.05, 0.1) is 0 Å². The Balaban J connectivity index is 2.10. The van der Waals surface area contributed by atoms with Crippen LogP contribution in [0.5, 0.6) is 0 Å². The highest BCUT2D eigenvalue weighted by atomic mass is 15.2. The lowest BCUT2D eigenvalue weighted by atomic mass is 9.94. The van der Waals surface area contributed by atoms with Crippen molar-refractivity contribution in [2.75, 3.05) is 19.6 Å². The van der Waals surface area contributed by atoms with E-state index in [-0.39, 0.29) is 5.54 Å². The second-order valence-electron chi connectivity index (χ2n) is 5.92. The molecule has 1 fully saturated rings. The maximum atomic E-state index is 3.65. The third kappa shape index (κ3) is 2.93. The van der Waals surface area contributed by atoms with Crippen LogP contribution in [0.3, 0.4) is 0 Å². The van der Waals surface area contributed by atoms with E-state index in [4.69, 9.17) is 0 Å². The Morgan fingerprint density at radius 3 is 2.56 bits per heavy atom. The maximum absolute atomic E-state index is 3.65. The number of nitrogens with one attached hydrogen (secondary N) is 1. The van der Waals surface area contributed by atoms with Crippen molar-refractivity contribution in [2.24, 2.45) is 0 Å². The molecule has 0 spiro atoms. The van der Waals surface area contributed by atoms with Crippen LogP contribution in [0.25, 0.3) is 0 Å². The summed E-state index contributed by atoms with van der Waals surface area (Å²) in [5.41, 5.74) is 4.64. The average Bonchev–Trinajstić information content (AvgIpc) is 2.34. The number of hydrogen-bond acceptors (Lipinski definition) is 2. The standard InChI is InChI=1S/C16H26N2/c1-5-16(4)12-18(10-9-17-16)11-15-13(2)7-6-8-14(15)3/h6-8,17H,5,9-12H2,1-4H3. The predicted octanol–water partition coefficient (Wildman–Crippen LogP) is 2.88. The van der Waals surface area contributed by atoms with Crippen LogP contribution in [0.2, 0.25) is 0 Å². The van der Waals surface area contributed by atoms with Crippen molar-refractivity contribution < 1.29 is 0 Å². The van der Waals surface area contributed by atoms with Gasteiger partial charge in [-0.25, -0.2) is 0 Å². The minimum absolute atomic E-state index is 0.287. The van der Waals surface area contributed by atoms with Crippen molar-refractivity contribution in [2.45, 2.75) is 46.2 Å². The van der Waals surface area contributed by atoms with Crippen LogP contribution >= 0.6 is 0 Å². The van der Waals surface area contributed by atoms with Crippen LogP contribution in [-0.2, 0) is 6.54 Å². The van der Waals surface area contributed by atoms with Gasteiger partial charge >= 0.3 is 0 Å². The molecule has 0 saturated carbocycles. The van der Waals surface area contributed by atoms with Crippen LogP contribution in [0.4, 0.5) is 0 Å². The minimum atomic E-state index is 0.287. The number of aryl methyl sites for hydroxylation is 2. The topological polar surface area (TPSA) is 15.3 Å². The normalized spacial score (nSPS) is 25.3. The van der Waals surface area contributed by atoms with E-state index >= 15 is 0 Å². The molecule has 0 amide bonds. The summed E-state index contributed by atoms with van der Waals surface area (Å²) in [6, 6.07) is 6.61. The van der Waals surface area contributed by atoms with E-state index in [2.05, 4.69) is 56.1 Å². The zero-order valence-corrected chi connectivity index (χ0v) is 12.2. The van der Waals surface area contributed by atoms with Gasteiger partial charge in [-0.05, 0) is 43.9 Å². The van der Waals surface area contributed by atoms with Crippen LogP contribution in [-0.4, -0.2) is 30.1 Å². The third-order valence-corrected chi connectivity index (χ3v) is 4.36. The molecule has 0 aromatic heterocycles. The van der Waals surface area contributed by atoms with Gasteiger partial charge in [0.1, 0.15) is 0 Å². The van der Waals surface area contributed by atoms with Crippen LogP contribution < -0.4 is 5.32 Å². The quantitative estimate of drug-likeness (QED) is 0.882. The van der Waals surface area contributed by atoms with Gasteiger partial charge in [0, 0.05) is 31.7 Å². The summed E-state index contributed by atoms with van der Waals surface area (Å²) >= 11 is 0. The molecule has 1 saturated heterocycles. The van der Waals surface area contributed by atoms with E-state index in [0.29, 0.717) is 0 Å². The second-order valence-corrected chi connectivity index (χ2v) is 5.92. The Morgan fingerprint density at radius 2 is 1.94 bits per heavy atom. The minimum Gasteiger partial charge on any atom is -0.309 e. The van der Waals surface area contributed by atoms with E-state index in [1.54, 1.807) is 0 Å². The van der Waals surface area contributed by atoms with E-state index in [9.17, 15) is 0 Å². The van der Waals surface area contributed by atoms with Gasteiger partial charge in [-0.3, -0.25) is 4.90 Å². The molecule has 2 rings (SSSR count). The Bertz CT molecular complexity index is 393. The van der Waals surface area contributed by atoms with E-state index in [1.807, 2.05) is 0 Å². The number of piperazine rings is 1. The van der Waals surface area contributed by atoms with E-state index < -0.39 is 0 Å². The smallest absolute Gasteiger partial charge is 0.0278 e. The summed E-state index contributed by atoms with van der Waals surface area (Å²) in [6.07, 6.45) is 1.19. The first kappa shape index (κ1) is 13.6. The van der Waals surface area contributed by atoms with Crippen molar-refractivity contribution in [3.8, 4) is 0 Å². The molecule has 2 heteroatoms. The molecule has 100 valence electrons. The monoisotopic (exact) mass is 246 g/mol. The highest BCUT2D eigenvalue weighted by Gasteiger charge is 2.28. The fourth-order valence-corrected chi connectivity index (χ4v) is 2.84. The van der Waals surface area contributed by atoms with Gasteiger partial charge in [0.25, 0.3) is 0 Å². The molecule has 0 aliphatic carbocycles. The zero-order valence-electron chi connectivity index (χ0n) is 12.2. The Labute approximate surface area is 111 Å². The summed E-state index contributed by atoms with van der Waals surface area (Å²) in [5.74, 6) is 0. The van der Waals surface area contributed by atoms with E-state index in [0.717, 1.165) is 26.2 Å². The van der Waals surface area contributed by atoms with Gasteiger partial charge in [0.2, 0.25) is 0 Å². The van der Waals surface area contributed by atoms with Crippen molar-refractivity contribution in [1.82, 2.24) is 10.2 Å². The van der Waals surface area contributed by atoms with Crippen LogP contribution in [0, 0.1) is 13.8 Å². The Kier molecular flexibility index (Phi) is 4.08. The van der Waals surface area contributed by atoms with Crippen molar-refractivity contribution in [3.05, 3.63) is 34.9 Å². The van der Waals surface area contributed by atoms with Gasteiger partial charge in [0.15, 0.2) is 0 Å². The van der Waals surface area contributed by atoms with Gasteiger partial charge in [-0.1, -0.05) is 25.1 Å². The molecule has 0 bridgehead atoms. The molecule has 0 radical (unpaired) electrons. The number of nitrogens with zero attached hydrogens (tertiary/aromatic N) is 1. The zero-order chi connectivity index (χ0) is 13.2. The van der Waals surface area contributed by atoms with Crippen molar-refractivity contribution in [1.29, 1.82) is 0 Å². The molecule has 1 unspecified atom stereocenters. The average molecular weight is 246 g/mol. The molecule has 1 aliphatic heterocycles. The van der Waals surface area contributed by atoms with Crippen molar-refractivity contribution >= 4 is 0 Å². The number of hydrogen-bond donors (Lipinski definition) is 1. The lowest BCUT2D eigenvalue weighted by Crippen LogP contribution is -2.58. The highest BCUT2D eigenvalue weighted by molar-refractivity contribution is 5.33. The maximum Gasteiger partial charge on any atom is 0.0278 e. The summed E-state index contributed by atoms with van der Waals surface area (Å²) in [5, 5.41) is 3.65. The molecule has 18 heavy (non-hydrogen) atoms. The number of rotatable bonds is 3. The molecule has 1 atom stereocenters. The molecule has 1 heterocycles. The molecule has 1 aliphatic rings. The number of benzene rings is 1. The first-order chi connectivity index (χ1) is 8.54. The second kappa shape index (κ2) is 5.41. The largest absolute Gasteiger partial charge is 0.309 e. The predicted molar refractivity (Wildman–Crippen MR) is 77.9 cm³/mol. The molecular formula is C16H26N2. The Hall–Kier alpha value is -0.860. The SMILES string of the molecule is CCC1(C)CN(Cc2c(C)cccc2C)CCN1. The lowest BCUT2D eigenvalue weighted by molar-refractivity contribution is 0.133. The summed E-state index contributed by atoms with van der Waals surface area (Å²) in [6.45, 7) is 13.6. The Morgan fingerprint density at radius 1 is 1.28 bits per heavy atom. The fraction of sp³-hybridized carbons (Fsp3) is 0.625. The van der Waals surface area contributed by atoms with Crippen LogP contribution in [0.15, 0.2) is 18.2 Å². The summed E-state index contributed by atoms with van der Waals surface area (Å²) < 4.78 is 0. The van der Waals surface area contributed by atoms with Gasteiger partial charge in [-0.2, -0.15) is 0 Å². The van der Waals surface area contributed by atoms with Crippen LogP contribution in [0.1, 0.15) is 37.0 Å². The van der Waals surface area contributed by atoms with E-state index in [1.165, 1.54) is 23.1 Å². The molecular weight excluding hydrogens is 220 g/mol. The molecule has 1 N–H and O–H groups in total. The first-order valence-electron chi connectivity index (χ1n) is 7.06. The fourth-order valence-electron chi connectivity index (χ4n) is 2.84. The van der Waals surface area contributed by atoms with Gasteiger partial charge in [-0.15, -0.1) is 0 Å². The summed E-state index contributed by atoms with van der Waals surface area (Å²) in [4.78, 5) is 2.59. The molecule has 2 nitrogen and oxygen atoms in total. The highest BCUT2D eigenvalue weighted by Crippen LogP contribution is 2.20. The summed E-state index contributed by atoms with van der Waals surface area (Å²) in [7, 11) is 0.